The van der Waals surface area contributed by atoms with Crippen molar-refractivity contribution in [3.63, 3.8) is 0 Å². The second-order valence-corrected chi connectivity index (χ2v) is 0.678. The lowest BCUT2D eigenvalue weighted by atomic mass is 10.5. The van der Waals surface area contributed by atoms with Crippen LogP contribution in [0.25, 0.3) is 0 Å². The van der Waals surface area contributed by atoms with Crippen molar-refractivity contribution in [1.82, 2.24) is 0 Å². The molecule has 0 atom stereocenters. The Balaban J connectivity index is 2.19. The number of hydrogen-bond donors (Lipinski definition) is 2. The first-order chi connectivity index (χ1) is 2.41. The van der Waals surface area contributed by atoms with E-state index in [9.17, 15) is 0 Å². The van der Waals surface area contributed by atoms with E-state index in [0.29, 0.717) is 6.42 Å². The highest BCUT2D eigenvalue weighted by atomic mass is 16.2. The molecule has 2 radical (unpaired) electrons. The van der Waals surface area contributed by atoms with E-state index in [0.717, 1.165) is 0 Å². The molecule has 0 aliphatic carbocycles. The summed E-state index contributed by atoms with van der Waals surface area (Å²) in [5.41, 5.74) is 4.73. The Labute approximate surface area is 31.6 Å². The maximum Gasteiger partial charge on any atom is 0.0580 e. The van der Waals surface area contributed by atoms with Crippen molar-refractivity contribution in [1.29, 1.82) is 0 Å². The normalized spacial score (nSPS) is 8.40. The van der Waals surface area contributed by atoms with Crippen LogP contribution in [0.1, 0.15) is 6.42 Å². The molecule has 2 heteroatoms. The topological polar surface area (TPSA) is 46.2 Å². The predicted molar refractivity (Wildman–Crippen MR) is 19.1 cm³/mol. The van der Waals surface area contributed by atoms with E-state index in [4.69, 9.17) is 10.8 Å². The van der Waals surface area contributed by atoms with E-state index in [1.54, 1.807) is 0 Å². The van der Waals surface area contributed by atoms with Crippen molar-refractivity contribution in [3.8, 4) is 0 Å². The van der Waals surface area contributed by atoms with Crippen molar-refractivity contribution in [2.75, 3.05) is 6.61 Å². The molecule has 0 aromatic carbocycles. The summed E-state index contributed by atoms with van der Waals surface area (Å²) in [6.07, 6.45) is 0.472. The molecule has 0 aliphatic heterocycles. The minimum atomic E-state index is 0.108. The Hall–Kier alpha value is -0.0800. The average molecular weight is 73.1 g/mol. The lowest BCUT2D eigenvalue weighted by Gasteiger charge is -1.78. The lowest BCUT2D eigenvalue weighted by Crippen LogP contribution is -1.91. The monoisotopic (exact) mass is 73.1 g/mol. The van der Waals surface area contributed by atoms with Gasteiger partial charge >= 0.3 is 0 Å². The first-order valence-electron chi connectivity index (χ1n) is 1.46. The molecule has 0 bridgehead atoms. The maximum atomic E-state index is 7.92. The van der Waals surface area contributed by atoms with Gasteiger partial charge in [-0.1, -0.05) is 0 Å². The average Bonchev–Trinajstić information content (AvgIpc) is 1.41. The standard InChI is InChI=1S/C3H7NO/c4-2-1-3-5/h5H,1,3-4H2. The van der Waals surface area contributed by atoms with Crippen molar-refractivity contribution in [3.05, 3.63) is 6.54 Å². The van der Waals surface area contributed by atoms with Crippen LogP contribution >= 0.6 is 0 Å². The summed E-state index contributed by atoms with van der Waals surface area (Å²) in [6, 6.07) is 0. The first-order valence-corrected chi connectivity index (χ1v) is 1.46. The Morgan fingerprint density at radius 2 is 2.40 bits per heavy atom. The number of rotatable bonds is 2. The third kappa shape index (κ3) is 3.92. The zero-order chi connectivity index (χ0) is 4.12. The first kappa shape index (κ1) is 4.92. The van der Waals surface area contributed by atoms with Gasteiger partial charge in [0, 0.05) is 6.61 Å². The number of nitrogens with two attached hydrogens (primary N) is 1. The van der Waals surface area contributed by atoms with E-state index in [1.165, 1.54) is 0 Å². The molecule has 0 aromatic heterocycles. The molecule has 0 rings (SSSR count). The molecule has 3 N–H and O–H groups in total. The van der Waals surface area contributed by atoms with Gasteiger partial charge in [0.25, 0.3) is 0 Å². The molecule has 30 valence electrons. The smallest absolute Gasteiger partial charge is 0.0580 e. The predicted octanol–water partition coefficient (Wildman–Crippen LogP) is -0.634. The van der Waals surface area contributed by atoms with Gasteiger partial charge in [-0.25, -0.2) is 0 Å². The minimum absolute atomic E-state index is 0.108. The van der Waals surface area contributed by atoms with Gasteiger partial charge in [-0.15, -0.1) is 0 Å². The maximum absolute atomic E-state index is 7.92. The zero-order valence-corrected chi connectivity index (χ0v) is 2.94. The fraction of sp³-hybridized carbons (Fsp3) is 0.667. The van der Waals surface area contributed by atoms with Crippen LogP contribution in [0.2, 0.25) is 0 Å². The molecule has 0 heterocycles. The molecular formula is C3H7NO. The van der Waals surface area contributed by atoms with Crippen molar-refractivity contribution in [2.24, 2.45) is 5.73 Å². The van der Waals surface area contributed by atoms with E-state index in [2.05, 4.69) is 6.54 Å². The fourth-order valence-electron chi connectivity index (χ4n) is 0.0645. The van der Waals surface area contributed by atoms with E-state index < -0.39 is 0 Å². The summed E-state index contributed by atoms with van der Waals surface area (Å²) in [5.74, 6) is 0. The summed E-state index contributed by atoms with van der Waals surface area (Å²) in [4.78, 5) is 0. The highest BCUT2D eigenvalue weighted by molar-refractivity contribution is 4.48. The molecule has 0 aromatic rings. The van der Waals surface area contributed by atoms with E-state index in [1.807, 2.05) is 0 Å². The van der Waals surface area contributed by atoms with E-state index >= 15 is 0 Å². The summed E-state index contributed by atoms with van der Waals surface area (Å²) in [6.45, 7) is 2.38. The highest BCUT2D eigenvalue weighted by Crippen LogP contribution is 1.68. The molecule has 0 fully saturated rings. The summed E-state index contributed by atoms with van der Waals surface area (Å²) in [7, 11) is 0. The molecule has 0 unspecified atom stereocenters. The SMILES string of the molecule is N[C]CCO. The highest BCUT2D eigenvalue weighted by Gasteiger charge is 1.71. The minimum Gasteiger partial charge on any atom is -0.396 e. The Kier molecular flexibility index (Phi) is 3.86. The van der Waals surface area contributed by atoms with Gasteiger partial charge in [-0.2, -0.15) is 0 Å². The molecular weight excluding hydrogens is 66.0 g/mol. The molecule has 0 amide bonds. The largest absolute Gasteiger partial charge is 0.396 e. The number of aliphatic hydroxyl groups excluding tert-OH is 1. The van der Waals surface area contributed by atoms with Gasteiger partial charge in [0.2, 0.25) is 0 Å². The third-order valence-corrected chi connectivity index (χ3v) is 0.256. The van der Waals surface area contributed by atoms with Gasteiger partial charge in [0.15, 0.2) is 0 Å². The van der Waals surface area contributed by atoms with Gasteiger partial charge in [0.1, 0.15) is 0 Å². The molecule has 5 heavy (non-hydrogen) atoms. The Bertz CT molecular complexity index is 14.4. The molecule has 0 saturated carbocycles. The number of aliphatic hydroxyl groups is 1. The summed E-state index contributed by atoms with van der Waals surface area (Å²) >= 11 is 0. The molecule has 0 saturated heterocycles. The number of hydrogen-bond acceptors (Lipinski definition) is 2. The second-order valence-electron chi connectivity index (χ2n) is 0.678. The second kappa shape index (κ2) is 3.92. The fourth-order valence-corrected chi connectivity index (χ4v) is 0.0645. The van der Waals surface area contributed by atoms with Crippen molar-refractivity contribution < 1.29 is 5.11 Å². The Morgan fingerprint density at radius 3 is 2.40 bits per heavy atom. The van der Waals surface area contributed by atoms with Crippen molar-refractivity contribution in [2.45, 2.75) is 6.42 Å². The van der Waals surface area contributed by atoms with Crippen LogP contribution in [0, 0.1) is 6.54 Å². The molecule has 0 aliphatic rings. The van der Waals surface area contributed by atoms with Crippen LogP contribution in [0.4, 0.5) is 0 Å². The lowest BCUT2D eigenvalue weighted by molar-refractivity contribution is 0.298. The van der Waals surface area contributed by atoms with Gasteiger partial charge < -0.3 is 10.8 Å². The van der Waals surface area contributed by atoms with Gasteiger partial charge in [-0.05, 0) is 6.42 Å². The van der Waals surface area contributed by atoms with Gasteiger partial charge in [0.05, 0.1) is 6.54 Å². The third-order valence-electron chi connectivity index (χ3n) is 0.256. The van der Waals surface area contributed by atoms with Crippen molar-refractivity contribution >= 4 is 0 Å². The zero-order valence-electron chi connectivity index (χ0n) is 2.94. The van der Waals surface area contributed by atoms with Crippen LogP contribution < -0.4 is 5.73 Å². The molecule has 0 spiro atoms. The van der Waals surface area contributed by atoms with Crippen LogP contribution in [0.5, 0.6) is 0 Å². The molecule has 2 nitrogen and oxygen atoms in total. The summed E-state index contributed by atoms with van der Waals surface area (Å²) < 4.78 is 0. The van der Waals surface area contributed by atoms with Gasteiger partial charge in [-0.3, -0.25) is 0 Å². The van der Waals surface area contributed by atoms with Crippen LogP contribution in [0.3, 0.4) is 0 Å². The van der Waals surface area contributed by atoms with Crippen LogP contribution in [0.15, 0.2) is 0 Å². The van der Waals surface area contributed by atoms with Crippen LogP contribution in [-0.2, 0) is 0 Å². The van der Waals surface area contributed by atoms with E-state index in [-0.39, 0.29) is 6.61 Å². The van der Waals surface area contributed by atoms with Crippen LogP contribution in [-0.4, -0.2) is 11.7 Å². The summed E-state index contributed by atoms with van der Waals surface area (Å²) in [5, 5.41) is 7.92. The quantitative estimate of drug-likeness (QED) is 0.427. The Morgan fingerprint density at radius 1 is 1.80 bits per heavy atom.